The van der Waals surface area contributed by atoms with E-state index in [0.29, 0.717) is 24.6 Å². The summed E-state index contributed by atoms with van der Waals surface area (Å²) in [5.74, 6) is 1.21. The molecule has 1 aliphatic carbocycles. The molecule has 2 aliphatic rings. The van der Waals surface area contributed by atoms with Crippen LogP contribution in [-0.2, 0) is 16.8 Å². The molecule has 186 valence electrons. The fraction of sp³-hybridized carbons (Fsp3) is 0.536. The van der Waals surface area contributed by atoms with Crippen LogP contribution in [0.15, 0.2) is 30.3 Å². The van der Waals surface area contributed by atoms with Crippen LogP contribution in [0.1, 0.15) is 79.7 Å². The minimum absolute atomic E-state index is 0.00253. The summed E-state index contributed by atoms with van der Waals surface area (Å²) in [4.78, 5) is 21.3. The zero-order valence-corrected chi connectivity index (χ0v) is 21.5. The number of aromatic nitrogens is 3. The number of rotatable bonds is 7. The Labute approximate surface area is 207 Å². The summed E-state index contributed by atoms with van der Waals surface area (Å²) in [6, 6.07) is 9.93. The number of benzene rings is 1. The van der Waals surface area contributed by atoms with Crippen molar-refractivity contribution in [2.45, 2.75) is 77.5 Å². The number of ether oxygens (including phenoxy) is 2. The SMILES string of the molecule is COc1ccccc1CN(CC1CCCO1)C(=O)c1cc(C2CC2)nc2c1c(C)nn2C(C)(C)C. The number of carbonyl (C=O) groups is 1. The quantitative estimate of drug-likeness (QED) is 0.469. The first-order chi connectivity index (χ1) is 16.8. The number of aryl methyl sites for hydroxylation is 1. The molecule has 35 heavy (non-hydrogen) atoms. The maximum Gasteiger partial charge on any atom is 0.255 e. The molecule has 3 aromatic rings. The lowest BCUT2D eigenvalue weighted by molar-refractivity contribution is 0.0507. The van der Waals surface area contributed by atoms with Crippen LogP contribution in [0, 0.1) is 6.92 Å². The van der Waals surface area contributed by atoms with E-state index in [1.807, 2.05) is 46.8 Å². The number of amides is 1. The molecule has 1 aliphatic heterocycles. The lowest BCUT2D eigenvalue weighted by Gasteiger charge is -2.27. The van der Waals surface area contributed by atoms with Crippen LogP contribution in [0.3, 0.4) is 0 Å². The second kappa shape index (κ2) is 9.26. The first-order valence-corrected chi connectivity index (χ1v) is 12.7. The summed E-state index contributed by atoms with van der Waals surface area (Å²) in [6.45, 7) is 10.1. The number of nitrogens with zero attached hydrogens (tertiary/aromatic N) is 4. The lowest BCUT2D eigenvalue weighted by Crippen LogP contribution is -2.37. The van der Waals surface area contributed by atoms with E-state index >= 15 is 0 Å². The van der Waals surface area contributed by atoms with Crippen molar-refractivity contribution in [1.29, 1.82) is 0 Å². The summed E-state index contributed by atoms with van der Waals surface area (Å²) in [5, 5.41) is 5.69. The Kier molecular flexibility index (Phi) is 6.30. The summed E-state index contributed by atoms with van der Waals surface area (Å²) >= 11 is 0. The third kappa shape index (κ3) is 4.79. The number of para-hydroxylation sites is 1. The van der Waals surface area contributed by atoms with E-state index in [1.165, 1.54) is 0 Å². The van der Waals surface area contributed by atoms with Gasteiger partial charge in [-0.1, -0.05) is 18.2 Å². The highest BCUT2D eigenvalue weighted by Gasteiger charge is 2.32. The van der Waals surface area contributed by atoms with Crippen LogP contribution in [0.25, 0.3) is 11.0 Å². The molecule has 7 nitrogen and oxygen atoms in total. The van der Waals surface area contributed by atoms with Gasteiger partial charge in [0.15, 0.2) is 5.65 Å². The van der Waals surface area contributed by atoms with Crippen molar-refractivity contribution in [2.24, 2.45) is 0 Å². The fourth-order valence-corrected chi connectivity index (χ4v) is 5.00. The Balaban J connectivity index is 1.60. The molecule has 1 atom stereocenters. The molecule has 1 amide bonds. The Morgan fingerprint density at radius 2 is 2.00 bits per heavy atom. The molecule has 5 rings (SSSR count). The molecule has 1 saturated carbocycles. The standard InChI is InChI=1S/C28H36N4O3/c1-18-25-22(15-23(19-12-13-19)29-26(25)32(30-18)28(2,3)4)27(33)31(17-21-10-8-14-35-21)16-20-9-6-7-11-24(20)34-5/h6-7,9,11,15,19,21H,8,10,12-14,16-17H2,1-5H3. The minimum atomic E-state index is -0.239. The van der Waals surface area contributed by atoms with Crippen LogP contribution in [0.5, 0.6) is 5.75 Å². The van der Waals surface area contributed by atoms with Crippen LogP contribution in [0.4, 0.5) is 0 Å². The minimum Gasteiger partial charge on any atom is -0.496 e. The number of pyridine rings is 1. The van der Waals surface area contributed by atoms with Gasteiger partial charge in [0.1, 0.15) is 5.75 Å². The molecule has 7 heteroatoms. The van der Waals surface area contributed by atoms with Crippen molar-refractivity contribution in [1.82, 2.24) is 19.7 Å². The Morgan fingerprint density at radius 1 is 1.23 bits per heavy atom. The Bertz CT molecular complexity index is 1230. The maximum atomic E-state index is 14.3. The molecule has 1 saturated heterocycles. The van der Waals surface area contributed by atoms with E-state index in [4.69, 9.17) is 19.6 Å². The van der Waals surface area contributed by atoms with Crippen LogP contribution in [0.2, 0.25) is 0 Å². The summed E-state index contributed by atoms with van der Waals surface area (Å²) < 4.78 is 13.5. The summed E-state index contributed by atoms with van der Waals surface area (Å²) in [7, 11) is 1.67. The molecule has 0 radical (unpaired) electrons. The largest absolute Gasteiger partial charge is 0.496 e. The van der Waals surface area contributed by atoms with Gasteiger partial charge in [0.2, 0.25) is 0 Å². The average molecular weight is 477 g/mol. The van der Waals surface area contributed by atoms with Gasteiger partial charge in [-0.05, 0) is 65.5 Å². The maximum absolute atomic E-state index is 14.3. The third-order valence-corrected chi connectivity index (χ3v) is 6.98. The van der Waals surface area contributed by atoms with E-state index in [9.17, 15) is 4.79 Å². The van der Waals surface area contributed by atoms with Gasteiger partial charge in [0.25, 0.3) is 5.91 Å². The predicted octanol–water partition coefficient (Wildman–Crippen LogP) is 5.20. The highest BCUT2D eigenvalue weighted by atomic mass is 16.5. The van der Waals surface area contributed by atoms with Gasteiger partial charge in [0, 0.05) is 36.9 Å². The Morgan fingerprint density at radius 3 is 2.66 bits per heavy atom. The predicted molar refractivity (Wildman–Crippen MR) is 136 cm³/mol. The smallest absolute Gasteiger partial charge is 0.255 e. The number of hydrogen-bond donors (Lipinski definition) is 0. The normalized spacial score (nSPS) is 18.3. The van der Waals surface area contributed by atoms with Gasteiger partial charge in [-0.25, -0.2) is 9.67 Å². The second-order valence-corrected chi connectivity index (χ2v) is 10.9. The van der Waals surface area contributed by atoms with Gasteiger partial charge in [-0.2, -0.15) is 5.10 Å². The molecular weight excluding hydrogens is 440 g/mol. The van der Waals surface area contributed by atoms with Crippen LogP contribution < -0.4 is 4.74 Å². The van der Waals surface area contributed by atoms with Crippen molar-refractivity contribution in [3.8, 4) is 5.75 Å². The number of carbonyl (C=O) groups excluding carboxylic acids is 1. The van der Waals surface area contributed by atoms with Crippen molar-refractivity contribution >= 4 is 16.9 Å². The van der Waals surface area contributed by atoms with E-state index < -0.39 is 0 Å². The zero-order chi connectivity index (χ0) is 24.7. The molecule has 2 aromatic heterocycles. The molecule has 0 N–H and O–H groups in total. The van der Waals surface area contributed by atoms with E-state index in [1.54, 1.807) is 7.11 Å². The topological polar surface area (TPSA) is 69.5 Å². The summed E-state index contributed by atoms with van der Waals surface area (Å²) in [5.41, 5.74) is 4.07. The molecule has 0 spiro atoms. The van der Waals surface area contributed by atoms with Gasteiger partial charge < -0.3 is 14.4 Å². The van der Waals surface area contributed by atoms with Gasteiger partial charge >= 0.3 is 0 Å². The summed E-state index contributed by atoms with van der Waals surface area (Å²) in [6.07, 6.45) is 4.29. The monoisotopic (exact) mass is 476 g/mol. The average Bonchev–Trinajstić information content (AvgIpc) is 3.45. The van der Waals surface area contributed by atoms with Gasteiger partial charge in [0.05, 0.1) is 35.4 Å². The number of methoxy groups -OCH3 is 1. The highest BCUT2D eigenvalue weighted by Crippen LogP contribution is 2.41. The molecule has 1 aromatic carbocycles. The van der Waals surface area contributed by atoms with Gasteiger partial charge in [-0.3, -0.25) is 4.79 Å². The first kappa shape index (κ1) is 23.8. The van der Waals surface area contributed by atoms with Crippen molar-refractivity contribution < 1.29 is 14.3 Å². The Hall–Kier alpha value is -2.93. The molecule has 2 fully saturated rings. The van der Waals surface area contributed by atoms with E-state index in [2.05, 4.69) is 20.8 Å². The number of fused-ring (bicyclic) bond motifs is 1. The number of hydrogen-bond acceptors (Lipinski definition) is 5. The van der Waals surface area contributed by atoms with Crippen LogP contribution in [-0.4, -0.2) is 51.9 Å². The zero-order valence-electron chi connectivity index (χ0n) is 21.5. The van der Waals surface area contributed by atoms with Crippen molar-refractivity contribution in [3.05, 3.63) is 52.8 Å². The van der Waals surface area contributed by atoms with Crippen molar-refractivity contribution in [2.75, 3.05) is 20.3 Å². The molecule has 3 heterocycles. The van der Waals surface area contributed by atoms with Crippen LogP contribution >= 0.6 is 0 Å². The van der Waals surface area contributed by atoms with Gasteiger partial charge in [-0.15, -0.1) is 0 Å². The third-order valence-electron chi connectivity index (χ3n) is 6.98. The van der Waals surface area contributed by atoms with Crippen molar-refractivity contribution in [3.63, 3.8) is 0 Å². The van der Waals surface area contributed by atoms with E-state index in [-0.39, 0.29) is 17.6 Å². The highest BCUT2D eigenvalue weighted by molar-refractivity contribution is 6.06. The fourth-order valence-electron chi connectivity index (χ4n) is 5.00. The van der Waals surface area contributed by atoms with E-state index in [0.717, 1.165) is 66.0 Å². The molecule has 0 bridgehead atoms. The second-order valence-electron chi connectivity index (χ2n) is 10.9. The molecule has 1 unspecified atom stereocenters. The lowest BCUT2D eigenvalue weighted by atomic mass is 10.0. The molecular formula is C28H36N4O3. The first-order valence-electron chi connectivity index (χ1n) is 12.7.